The first-order chi connectivity index (χ1) is 11.7. The highest BCUT2D eigenvalue weighted by Crippen LogP contribution is 2.36. The monoisotopic (exact) mass is 315 g/mol. The van der Waals surface area contributed by atoms with Gasteiger partial charge in [0.2, 0.25) is 0 Å². The van der Waals surface area contributed by atoms with Crippen LogP contribution in [0.2, 0.25) is 0 Å². The van der Waals surface area contributed by atoms with E-state index in [-0.39, 0.29) is 5.91 Å². The highest BCUT2D eigenvalue weighted by atomic mass is 16.2. The Morgan fingerprint density at radius 1 is 1.21 bits per heavy atom. The first-order valence-electron chi connectivity index (χ1n) is 8.11. The van der Waals surface area contributed by atoms with Gasteiger partial charge in [-0.15, -0.1) is 0 Å². The molecule has 0 atom stereocenters. The predicted octanol–water partition coefficient (Wildman–Crippen LogP) is 3.62. The molecule has 1 aliphatic heterocycles. The zero-order chi connectivity index (χ0) is 16.7. The number of amides is 1. The van der Waals surface area contributed by atoms with Crippen LogP contribution < -0.4 is 5.32 Å². The Kier molecular flexibility index (Phi) is 3.35. The van der Waals surface area contributed by atoms with Crippen LogP contribution in [0.3, 0.4) is 0 Å². The first kappa shape index (κ1) is 14.5. The van der Waals surface area contributed by atoms with E-state index in [0.717, 1.165) is 46.3 Å². The quantitative estimate of drug-likeness (QED) is 0.745. The molecule has 4 heteroatoms. The summed E-state index contributed by atoms with van der Waals surface area (Å²) in [6.45, 7) is 3.46. The number of nitrogens with zero attached hydrogens (tertiary/aromatic N) is 2. The fraction of sp³-hybridized carbons (Fsp3) is 0.200. The van der Waals surface area contributed by atoms with Crippen molar-refractivity contribution in [3.8, 4) is 17.2 Å². The lowest BCUT2D eigenvalue weighted by Crippen LogP contribution is -2.23. The second-order valence-electron chi connectivity index (χ2n) is 6.13. The van der Waals surface area contributed by atoms with Gasteiger partial charge >= 0.3 is 0 Å². The molecule has 0 bridgehead atoms. The number of benzene rings is 2. The molecular formula is C20H17N3O. The van der Waals surface area contributed by atoms with Gasteiger partial charge in [0, 0.05) is 24.0 Å². The highest BCUT2D eigenvalue weighted by molar-refractivity contribution is 6.06. The van der Waals surface area contributed by atoms with Crippen molar-refractivity contribution in [1.29, 1.82) is 5.26 Å². The number of carbonyl (C=O) groups excluding carboxylic acids is 1. The molecule has 0 radical (unpaired) electrons. The molecule has 2 heterocycles. The van der Waals surface area contributed by atoms with Crippen LogP contribution in [-0.4, -0.2) is 17.0 Å². The van der Waals surface area contributed by atoms with Crippen LogP contribution >= 0.6 is 0 Å². The molecule has 1 amide bonds. The third kappa shape index (κ3) is 2.10. The summed E-state index contributed by atoms with van der Waals surface area (Å²) in [5.74, 6) is -0.0290. The van der Waals surface area contributed by atoms with E-state index in [1.807, 2.05) is 49.4 Å². The molecule has 1 N–H and O–H groups in total. The molecule has 1 aliphatic rings. The lowest BCUT2D eigenvalue weighted by Gasteiger charge is -2.11. The molecule has 0 saturated carbocycles. The SMILES string of the molecule is Cc1c2n(c3c(-c4ccccc4)cc(C#N)cc13)CCCNC2=O. The number of aryl methyl sites for hydroxylation is 2. The smallest absolute Gasteiger partial charge is 0.268 e. The summed E-state index contributed by atoms with van der Waals surface area (Å²) in [5, 5.41) is 13.4. The Morgan fingerprint density at radius 3 is 2.75 bits per heavy atom. The van der Waals surface area contributed by atoms with Crippen molar-refractivity contribution in [2.24, 2.45) is 0 Å². The molecule has 4 rings (SSSR count). The third-order valence-corrected chi connectivity index (χ3v) is 4.68. The lowest BCUT2D eigenvalue weighted by atomic mass is 9.99. The fourth-order valence-corrected chi connectivity index (χ4v) is 3.59. The van der Waals surface area contributed by atoms with Crippen molar-refractivity contribution in [2.75, 3.05) is 6.54 Å². The van der Waals surface area contributed by atoms with Crippen molar-refractivity contribution >= 4 is 16.8 Å². The van der Waals surface area contributed by atoms with Crippen LogP contribution in [-0.2, 0) is 6.54 Å². The summed E-state index contributed by atoms with van der Waals surface area (Å²) >= 11 is 0. The predicted molar refractivity (Wildman–Crippen MR) is 93.8 cm³/mol. The van der Waals surface area contributed by atoms with Crippen LogP contribution in [0, 0.1) is 18.3 Å². The van der Waals surface area contributed by atoms with Gasteiger partial charge < -0.3 is 9.88 Å². The van der Waals surface area contributed by atoms with Gasteiger partial charge in [-0.05, 0) is 36.6 Å². The zero-order valence-electron chi connectivity index (χ0n) is 13.5. The maximum atomic E-state index is 12.5. The zero-order valence-corrected chi connectivity index (χ0v) is 13.5. The number of carbonyl (C=O) groups is 1. The molecule has 4 nitrogen and oxygen atoms in total. The summed E-state index contributed by atoms with van der Waals surface area (Å²) in [7, 11) is 0. The molecule has 0 spiro atoms. The number of rotatable bonds is 1. The van der Waals surface area contributed by atoms with E-state index in [2.05, 4.69) is 16.0 Å². The van der Waals surface area contributed by atoms with Crippen LogP contribution in [0.1, 0.15) is 28.0 Å². The van der Waals surface area contributed by atoms with Gasteiger partial charge in [-0.3, -0.25) is 4.79 Å². The van der Waals surface area contributed by atoms with E-state index in [4.69, 9.17) is 0 Å². The minimum absolute atomic E-state index is 0.0290. The van der Waals surface area contributed by atoms with E-state index >= 15 is 0 Å². The van der Waals surface area contributed by atoms with Gasteiger partial charge in [0.25, 0.3) is 5.91 Å². The summed E-state index contributed by atoms with van der Waals surface area (Å²) in [4.78, 5) is 12.5. The average molecular weight is 315 g/mol. The van der Waals surface area contributed by atoms with Crippen LogP contribution in [0.15, 0.2) is 42.5 Å². The van der Waals surface area contributed by atoms with Gasteiger partial charge in [0.05, 0.1) is 17.1 Å². The van der Waals surface area contributed by atoms with Crippen LogP contribution in [0.4, 0.5) is 0 Å². The normalized spacial score (nSPS) is 13.9. The standard InChI is InChI=1S/C20H17N3O/c1-13-16-10-14(12-21)11-17(15-6-3-2-4-7-15)19(16)23-9-5-8-22-20(24)18(13)23/h2-4,6-7,10-11H,5,8-9H2,1H3,(H,22,24). The number of fused-ring (bicyclic) bond motifs is 3. The van der Waals surface area contributed by atoms with E-state index in [0.29, 0.717) is 12.1 Å². The van der Waals surface area contributed by atoms with Crippen molar-refractivity contribution in [2.45, 2.75) is 19.9 Å². The topological polar surface area (TPSA) is 57.8 Å². The molecule has 0 fully saturated rings. The number of hydrogen-bond donors (Lipinski definition) is 1. The molecule has 2 aromatic carbocycles. The van der Waals surface area contributed by atoms with E-state index in [1.165, 1.54) is 0 Å². The summed E-state index contributed by atoms with van der Waals surface area (Å²) in [6.07, 6.45) is 0.899. The molecule has 0 unspecified atom stereocenters. The molecule has 0 saturated heterocycles. The highest BCUT2D eigenvalue weighted by Gasteiger charge is 2.24. The van der Waals surface area contributed by atoms with Gasteiger partial charge in [0.15, 0.2) is 0 Å². The average Bonchev–Trinajstić information content (AvgIpc) is 2.77. The number of nitrogens with one attached hydrogen (secondary N) is 1. The molecule has 3 aromatic rings. The molecule has 24 heavy (non-hydrogen) atoms. The van der Waals surface area contributed by atoms with Gasteiger partial charge in [0.1, 0.15) is 5.69 Å². The molecular weight excluding hydrogens is 298 g/mol. The largest absolute Gasteiger partial charge is 0.351 e. The van der Waals surface area contributed by atoms with Crippen molar-refractivity contribution in [3.63, 3.8) is 0 Å². The third-order valence-electron chi connectivity index (χ3n) is 4.68. The fourth-order valence-electron chi connectivity index (χ4n) is 3.59. The lowest BCUT2D eigenvalue weighted by molar-refractivity contribution is 0.0951. The summed E-state index contributed by atoms with van der Waals surface area (Å²) in [5.41, 5.74) is 5.39. The van der Waals surface area contributed by atoms with Gasteiger partial charge in [-0.1, -0.05) is 30.3 Å². The molecule has 0 aliphatic carbocycles. The Balaban J connectivity index is 2.14. The van der Waals surface area contributed by atoms with Gasteiger partial charge in [-0.2, -0.15) is 5.26 Å². The maximum absolute atomic E-state index is 12.5. The second-order valence-corrected chi connectivity index (χ2v) is 6.13. The number of hydrogen-bond acceptors (Lipinski definition) is 2. The minimum Gasteiger partial charge on any atom is -0.351 e. The maximum Gasteiger partial charge on any atom is 0.268 e. The Labute approximate surface area is 140 Å². The van der Waals surface area contributed by atoms with Crippen molar-refractivity contribution in [1.82, 2.24) is 9.88 Å². The van der Waals surface area contributed by atoms with E-state index in [9.17, 15) is 10.1 Å². The Morgan fingerprint density at radius 2 is 2.00 bits per heavy atom. The minimum atomic E-state index is -0.0290. The summed E-state index contributed by atoms with van der Waals surface area (Å²) in [6, 6.07) is 16.1. The van der Waals surface area contributed by atoms with E-state index in [1.54, 1.807) is 0 Å². The van der Waals surface area contributed by atoms with E-state index < -0.39 is 0 Å². The molecule has 118 valence electrons. The van der Waals surface area contributed by atoms with Crippen LogP contribution in [0.5, 0.6) is 0 Å². The van der Waals surface area contributed by atoms with Crippen LogP contribution in [0.25, 0.3) is 22.0 Å². The summed E-state index contributed by atoms with van der Waals surface area (Å²) < 4.78 is 2.12. The first-order valence-corrected chi connectivity index (χ1v) is 8.11. The second kappa shape index (κ2) is 5.54. The Bertz CT molecular complexity index is 993. The van der Waals surface area contributed by atoms with Gasteiger partial charge in [-0.25, -0.2) is 0 Å². The molecule has 1 aromatic heterocycles. The Hall–Kier alpha value is -3.06. The number of aromatic nitrogens is 1. The van der Waals surface area contributed by atoms with Crippen molar-refractivity contribution < 1.29 is 4.79 Å². The number of nitriles is 1. The van der Waals surface area contributed by atoms with Crippen molar-refractivity contribution in [3.05, 3.63) is 59.3 Å².